The van der Waals surface area contributed by atoms with Gasteiger partial charge in [0.15, 0.2) is 0 Å². The van der Waals surface area contributed by atoms with Crippen LogP contribution < -0.4 is 11.1 Å². The fraction of sp³-hybridized carbons (Fsp3) is 0.222. The summed E-state index contributed by atoms with van der Waals surface area (Å²) in [5.41, 5.74) is 7.84. The second-order valence-electron chi connectivity index (χ2n) is 6.02. The average molecular weight is 427 g/mol. The molecular formula is C18H17Cl2FN4OS. The first-order chi connectivity index (χ1) is 12.9. The zero-order valence-electron chi connectivity index (χ0n) is 14.4. The summed E-state index contributed by atoms with van der Waals surface area (Å²) in [6.07, 6.45) is 1.88. The molecule has 5 nitrogen and oxygen atoms in total. The van der Waals surface area contributed by atoms with Gasteiger partial charge in [-0.1, -0.05) is 35.3 Å². The minimum absolute atomic E-state index is 0.141. The van der Waals surface area contributed by atoms with Crippen molar-refractivity contribution in [1.82, 2.24) is 9.78 Å². The van der Waals surface area contributed by atoms with Crippen LogP contribution in [-0.4, -0.2) is 22.2 Å². The van der Waals surface area contributed by atoms with E-state index in [1.54, 1.807) is 29.9 Å². The molecule has 1 amide bonds. The summed E-state index contributed by atoms with van der Waals surface area (Å²) in [5, 5.41) is 7.99. The molecule has 0 saturated heterocycles. The highest BCUT2D eigenvalue weighted by atomic mass is 35.5. The molecular weight excluding hydrogens is 410 g/mol. The number of amides is 1. The van der Waals surface area contributed by atoms with E-state index in [2.05, 4.69) is 10.4 Å². The van der Waals surface area contributed by atoms with E-state index in [1.807, 2.05) is 0 Å². The van der Waals surface area contributed by atoms with Crippen LogP contribution in [0, 0.1) is 11.7 Å². The first kappa shape index (κ1) is 19.8. The predicted octanol–water partition coefficient (Wildman–Crippen LogP) is 4.35. The summed E-state index contributed by atoms with van der Waals surface area (Å²) in [6.45, 7) is 0.141. The number of anilines is 1. The highest BCUT2D eigenvalue weighted by Gasteiger charge is 2.21. The maximum absolute atomic E-state index is 13.4. The lowest BCUT2D eigenvalue weighted by Gasteiger charge is -2.14. The van der Waals surface area contributed by atoms with Crippen LogP contribution in [0.1, 0.15) is 5.56 Å². The molecule has 1 aromatic carbocycles. The molecule has 3 aromatic rings. The van der Waals surface area contributed by atoms with Crippen molar-refractivity contribution in [3.63, 3.8) is 0 Å². The molecule has 0 saturated carbocycles. The number of benzene rings is 1. The average Bonchev–Trinajstić information content (AvgIpc) is 3.14. The lowest BCUT2D eigenvalue weighted by Crippen LogP contribution is -2.30. The second-order valence-corrected chi connectivity index (χ2v) is 8.08. The molecule has 27 heavy (non-hydrogen) atoms. The lowest BCUT2D eigenvalue weighted by molar-refractivity contribution is -0.119. The Hall–Kier alpha value is -1.93. The highest BCUT2D eigenvalue weighted by Crippen LogP contribution is 2.41. The van der Waals surface area contributed by atoms with Crippen LogP contribution in [0.4, 0.5) is 9.39 Å². The molecule has 142 valence electrons. The molecule has 2 aromatic heterocycles. The smallest absolute Gasteiger partial charge is 0.229 e. The van der Waals surface area contributed by atoms with Gasteiger partial charge in [-0.25, -0.2) is 4.39 Å². The molecule has 0 aliphatic rings. The number of carbonyl (C=O) groups is 1. The van der Waals surface area contributed by atoms with Crippen molar-refractivity contribution in [1.29, 1.82) is 0 Å². The number of aromatic nitrogens is 2. The van der Waals surface area contributed by atoms with Crippen LogP contribution in [0.2, 0.25) is 9.36 Å². The van der Waals surface area contributed by atoms with Crippen molar-refractivity contribution in [2.45, 2.75) is 6.42 Å². The monoisotopic (exact) mass is 426 g/mol. The number of halogens is 3. The number of nitrogens with one attached hydrogen (secondary N) is 1. The minimum atomic E-state index is -0.489. The number of thiophene rings is 1. The van der Waals surface area contributed by atoms with Gasteiger partial charge in [0.2, 0.25) is 5.91 Å². The van der Waals surface area contributed by atoms with Crippen molar-refractivity contribution in [2.24, 2.45) is 18.7 Å². The Morgan fingerprint density at radius 1 is 1.41 bits per heavy atom. The highest BCUT2D eigenvalue weighted by molar-refractivity contribution is 7.20. The number of hydrogen-bond acceptors (Lipinski definition) is 4. The van der Waals surface area contributed by atoms with E-state index >= 15 is 0 Å². The first-order valence-corrected chi connectivity index (χ1v) is 9.69. The molecule has 9 heteroatoms. The fourth-order valence-electron chi connectivity index (χ4n) is 2.76. The van der Waals surface area contributed by atoms with Crippen molar-refractivity contribution in [3.8, 4) is 11.3 Å². The van der Waals surface area contributed by atoms with Gasteiger partial charge >= 0.3 is 0 Å². The van der Waals surface area contributed by atoms with Gasteiger partial charge in [0.05, 0.1) is 27.8 Å². The van der Waals surface area contributed by atoms with E-state index in [4.69, 9.17) is 28.9 Å². The molecule has 2 heterocycles. The Bertz CT molecular complexity index is 953. The van der Waals surface area contributed by atoms with Crippen LogP contribution in [0.3, 0.4) is 0 Å². The van der Waals surface area contributed by atoms with E-state index in [1.165, 1.54) is 29.7 Å². The van der Waals surface area contributed by atoms with E-state index in [0.29, 0.717) is 37.6 Å². The third-order valence-electron chi connectivity index (χ3n) is 4.11. The molecule has 0 aliphatic carbocycles. The van der Waals surface area contributed by atoms with Gasteiger partial charge in [-0.15, -0.1) is 11.3 Å². The van der Waals surface area contributed by atoms with Gasteiger partial charge in [-0.2, -0.15) is 5.10 Å². The maximum Gasteiger partial charge on any atom is 0.229 e. The molecule has 0 bridgehead atoms. The van der Waals surface area contributed by atoms with E-state index < -0.39 is 5.92 Å². The topological polar surface area (TPSA) is 72.9 Å². The molecule has 0 radical (unpaired) electrons. The third-order valence-corrected chi connectivity index (χ3v) is 5.66. The van der Waals surface area contributed by atoms with Gasteiger partial charge in [-0.3, -0.25) is 9.48 Å². The minimum Gasteiger partial charge on any atom is -0.330 e. The Balaban J connectivity index is 1.76. The molecule has 0 aliphatic heterocycles. The van der Waals surface area contributed by atoms with Gasteiger partial charge in [0, 0.05) is 19.2 Å². The molecule has 0 fully saturated rings. The van der Waals surface area contributed by atoms with Crippen LogP contribution >= 0.6 is 34.5 Å². The largest absolute Gasteiger partial charge is 0.330 e. The lowest BCUT2D eigenvalue weighted by atomic mass is 9.98. The molecule has 3 N–H and O–H groups in total. The summed E-state index contributed by atoms with van der Waals surface area (Å²) in [6, 6.07) is 7.90. The number of carbonyl (C=O) groups excluding carboxylic acids is 1. The number of aryl methyl sites for hydroxylation is 1. The van der Waals surface area contributed by atoms with Crippen molar-refractivity contribution < 1.29 is 9.18 Å². The van der Waals surface area contributed by atoms with E-state index in [9.17, 15) is 9.18 Å². The quantitative estimate of drug-likeness (QED) is 0.615. The molecule has 3 rings (SSSR count). The van der Waals surface area contributed by atoms with Crippen molar-refractivity contribution in [2.75, 3.05) is 11.9 Å². The van der Waals surface area contributed by atoms with Gasteiger partial charge in [0.25, 0.3) is 0 Å². The molecule has 0 spiro atoms. The number of nitrogens with zero attached hydrogens (tertiary/aromatic N) is 2. The Morgan fingerprint density at radius 2 is 2.19 bits per heavy atom. The predicted molar refractivity (Wildman–Crippen MR) is 108 cm³/mol. The zero-order chi connectivity index (χ0) is 19.6. The summed E-state index contributed by atoms with van der Waals surface area (Å²) in [7, 11) is 1.76. The fourth-order valence-corrected chi connectivity index (χ4v) is 4.21. The van der Waals surface area contributed by atoms with Crippen molar-refractivity contribution in [3.05, 3.63) is 57.3 Å². The maximum atomic E-state index is 13.4. The number of hydrogen-bond donors (Lipinski definition) is 2. The van der Waals surface area contributed by atoms with Gasteiger partial charge < -0.3 is 11.1 Å². The van der Waals surface area contributed by atoms with Gasteiger partial charge in [-0.05, 0) is 30.2 Å². The van der Waals surface area contributed by atoms with Crippen LogP contribution in [0.15, 0.2) is 36.5 Å². The third kappa shape index (κ3) is 4.50. The number of nitrogens with two attached hydrogens (primary N) is 1. The summed E-state index contributed by atoms with van der Waals surface area (Å²) in [5.74, 6) is -1.08. The summed E-state index contributed by atoms with van der Waals surface area (Å²) < 4.78 is 15.5. The Labute approximate surface area is 169 Å². The Kier molecular flexibility index (Phi) is 6.16. The number of rotatable bonds is 6. The summed E-state index contributed by atoms with van der Waals surface area (Å²) in [4.78, 5) is 12.6. The normalized spacial score (nSPS) is 12.2. The van der Waals surface area contributed by atoms with Crippen LogP contribution in [-0.2, 0) is 18.3 Å². The van der Waals surface area contributed by atoms with Crippen LogP contribution in [0.25, 0.3) is 11.3 Å². The molecule has 0 unspecified atom stereocenters. The Morgan fingerprint density at radius 3 is 2.81 bits per heavy atom. The van der Waals surface area contributed by atoms with Gasteiger partial charge in [0.1, 0.15) is 10.2 Å². The standard InChI is InChI=1S/C18H17Cl2FN4OS/c1-25-16(14(19)9-23-25)13-7-15(27-17(13)20)24-18(26)11(8-22)5-10-3-2-4-12(21)6-10/h2-4,6-7,9,11H,5,8,22H2,1H3,(H,24,26)/t11-/m0/s1. The van der Waals surface area contributed by atoms with E-state index in [-0.39, 0.29) is 18.3 Å². The first-order valence-electron chi connectivity index (χ1n) is 8.11. The molecule has 1 atom stereocenters. The SMILES string of the molecule is Cn1ncc(Cl)c1-c1cc(NC(=O)[C@H](CN)Cc2cccc(F)c2)sc1Cl. The van der Waals surface area contributed by atoms with E-state index in [0.717, 1.165) is 0 Å². The van der Waals surface area contributed by atoms with Crippen molar-refractivity contribution >= 4 is 45.4 Å². The zero-order valence-corrected chi connectivity index (χ0v) is 16.7. The second kappa shape index (κ2) is 8.39. The van der Waals surface area contributed by atoms with Crippen LogP contribution in [0.5, 0.6) is 0 Å². The summed E-state index contributed by atoms with van der Waals surface area (Å²) >= 11 is 13.7.